The highest BCUT2D eigenvalue weighted by Crippen LogP contribution is 2.32. The largest absolute Gasteiger partial charge is 0.325 e. The molecule has 0 heterocycles. The Morgan fingerprint density at radius 1 is 1.00 bits per heavy atom. The highest BCUT2D eigenvalue weighted by atomic mass is 14.7. The summed E-state index contributed by atoms with van der Waals surface area (Å²) < 4.78 is 0. The van der Waals surface area contributed by atoms with Crippen molar-refractivity contribution in [2.75, 3.05) is 0 Å². The van der Waals surface area contributed by atoms with Crippen LogP contribution in [0.25, 0.3) is 0 Å². The standard InChI is InChI=1S/C9H21N/c1-7(8(2,3)4)9(5,6)10/h7H,10H2,1-6H3/t7-/m0/s1. The average Bonchev–Trinajstić information content (AvgIpc) is 1.59. The van der Waals surface area contributed by atoms with E-state index in [1.165, 1.54) is 0 Å². The van der Waals surface area contributed by atoms with Gasteiger partial charge in [-0.05, 0) is 25.2 Å². The fourth-order valence-electron chi connectivity index (χ4n) is 1.12. The third-order valence-electron chi connectivity index (χ3n) is 2.42. The number of nitrogens with two attached hydrogens (primary N) is 1. The summed E-state index contributed by atoms with van der Waals surface area (Å²) in [7, 11) is 0. The maximum absolute atomic E-state index is 5.97. The maximum atomic E-state index is 5.97. The Labute approximate surface area is 65.0 Å². The van der Waals surface area contributed by atoms with Gasteiger partial charge in [-0.3, -0.25) is 0 Å². The molecule has 0 aromatic carbocycles. The van der Waals surface area contributed by atoms with Crippen molar-refractivity contribution in [2.24, 2.45) is 17.1 Å². The molecule has 0 aliphatic rings. The second kappa shape index (κ2) is 2.54. The smallest absolute Gasteiger partial charge is 0.0128 e. The third-order valence-corrected chi connectivity index (χ3v) is 2.42. The summed E-state index contributed by atoms with van der Waals surface area (Å²) in [6, 6.07) is 0. The minimum absolute atomic E-state index is 0.0573. The molecular formula is C9H21N. The quantitative estimate of drug-likeness (QED) is 0.599. The van der Waals surface area contributed by atoms with Crippen molar-refractivity contribution in [3.63, 3.8) is 0 Å². The molecule has 1 atom stereocenters. The van der Waals surface area contributed by atoms with E-state index in [4.69, 9.17) is 5.73 Å². The van der Waals surface area contributed by atoms with Crippen molar-refractivity contribution in [3.8, 4) is 0 Å². The van der Waals surface area contributed by atoms with E-state index in [0.717, 1.165) is 0 Å². The predicted molar refractivity (Wildman–Crippen MR) is 46.9 cm³/mol. The molecule has 1 heteroatoms. The average molecular weight is 143 g/mol. The van der Waals surface area contributed by atoms with E-state index in [1.54, 1.807) is 0 Å². The molecule has 1 nitrogen and oxygen atoms in total. The van der Waals surface area contributed by atoms with E-state index < -0.39 is 0 Å². The number of hydrogen-bond acceptors (Lipinski definition) is 1. The molecule has 2 N–H and O–H groups in total. The van der Waals surface area contributed by atoms with E-state index in [0.29, 0.717) is 11.3 Å². The maximum Gasteiger partial charge on any atom is 0.0128 e. The van der Waals surface area contributed by atoms with Crippen LogP contribution >= 0.6 is 0 Å². The molecule has 0 fully saturated rings. The summed E-state index contributed by atoms with van der Waals surface area (Å²) in [5.41, 5.74) is 6.23. The van der Waals surface area contributed by atoms with Crippen LogP contribution in [-0.2, 0) is 0 Å². The van der Waals surface area contributed by atoms with E-state index in [-0.39, 0.29) is 5.54 Å². The molecule has 0 unspecified atom stereocenters. The molecule has 0 radical (unpaired) electrons. The minimum Gasteiger partial charge on any atom is -0.325 e. The van der Waals surface area contributed by atoms with Crippen LogP contribution < -0.4 is 5.73 Å². The van der Waals surface area contributed by atoms with Crippen LogP contribution in [0.5, 0.6) is 0 Å². The van der Waals surface area contributed by atoms with Gasteiger partial charge in [-0.15, -0.1) is 0 Å². The molecule has 0 aromatic rings. The first-order valence-corrected chi connectivity index (χ1v) is 3.94. The Hall–Kier alpha value is -0.0400. The summed E-state index contributed by atoms with van der Waals surface area (Å²) in [5.74, 6) is 0.542. The van der Waals surface area contributed by atoms with Crippen molar-refractivity contribution in [1.29, 1.82) is 0 Å². The molecule has 0 amide bonds. The Kier molecular flexibility index (Phi) is 2.53. The van der Waals surface area contributed by atoms with Gasteiger partial charge in [-0.1, -0.05) is 27.7 Å². The fourth-order valence-corrected chi connectivity index (χ4v) is 1.12. The normalized spacial score (nSPS) is 17.1. The molecule has 0 saturated carbocycles. The lowest BCUT2D eigenvalue weighted by atomic mass is 9.72. The molecule has 0 aromatic heterocycles. The summed E-state index contributed by atoms with van der Waals surface area (Å²) in [5, 5.41) is 0. The summed E-state index contributed by atoms with van der Waals surface area (Å²) in [4.78, 5) is 0. The predicted octanol–water partition coefficient (Wildman–Crippen LogP) is 2.41. The van der Waals surface area contributed by atoms with Crippen LogP contribution in [0, 0.1) is 11.3 Å². The Balaban J connectivity index is 4.23. The molecule has 62 valence electrons. The number of rotatable bonds is 1. The second-order valence-electron chi connectivity index (χ2n) is 4.91. The summed E-state index contributed by atoms with van der Waals surface area (Å²) in [6.45, 7) is 13.1. The first-order chi connectivity index (χ1) is 4.15. The van der Waals surface area contributed by atoms with E-state index in [2.05, 4.69) is 41.5 Å². The zero-order chi connectivity index (χ0) is 8.58. The van der Waals surface area contributed by atoms with Crippen LogP contribution in [0.1, 0.15) is 41.5 Å². The van der Waals surface area contributed by atoms with Gasteiger partial charge >= 0.3 is 0 Å². The lowest BCUT2D eigenvalue weighted by molar-refractivity contribution is 0.170. The van der Waals surface area contributed by atoms with Gasteiger partial charge in [0.15, 0.2) is 0 Å². The van der Waals surface area contributed by atoms with Gasteiger partial charge in [0, 0.05) is 5.54 Å². The fraction of sp³-hybridized carbons (Fsp3) is 1.00. The van der Waals surface area contributed by atoms with Crippen molar-refractivity contribution in [3.05, 3.63) is 0 Å². The van der Waals surface area contributed by atoms with Crippen LogP contribution in [0.3, 0.4) is 0 Å². The summed E-state index contributed by atoms with van der Waals surface area (Å²) >= 11 is 0. The van der Waals surface area contributed by atoms with Gasteiger partial charge in [0.05, 0.1) is 0 Å². The molecular weight excluding hydrogens is 122 g/mol. The van der Waals surface area contributed by atoms with Crippen LogP contribution in [0.2, 0.25) is 0 Å². The van der Waals surface area contributed by atoms with Crippen molar-refractivity contribution < 1.29 is 0 Å². The van der Waals surface area contributed by atoms with Crippen LogP contribution in [0.15, 0.2) is 0 Å². The highest BCUT2D eigenvalue weighted by Gasteiger charge is 2.30. The molecule has 0 saturated heterocycles. The van der Waals surface area contributed by atoms with E-state index >= 15 is 0 Å². The first kappa shape index (κ1) is 9.96. The van der Waals surface area contributed by atoms with Gasteiger partial charge in [0.2, 0.25) is 0 Å². The molecule has 10 heavy (non-hydrogen) atoms. The SMILES string of the molecule is C[C@@H](C(C)(C)C)C(C)(C)N. The molecule has 0 rings (SSSR count). The molecule has 0 aliphatic heterocycles. The Morgan fingerprint density at radius 3 is 1.30 bits per heavy atom. The lowest BCUT2D eigenvalue weighted by Crippen LogP contribution is -2.45. The first-order valence-electron chi connectivity index (χ1n) is 3.94. The van der Waals surface area contributed by atoms with Gasteiger partial charge in [0.1, 0.15) is 0 Å². The van der Waals surface area contributed by atoms with Crippen molar-refractivity contribution in [2.45, 2.75) is 47.1 Å². The van der Waals surface area contributed by atoms with E-state index in [1.807, 2.05) is 0 Å². The lowest BCUT2D eigenvalue weighted by Gasteiger charge is -2.37. The Morgan fingerprint density at radius 2 is 1.30 bits per heavy atom. The summed E-state index contributed by atoms with van der Waals surface area (Å²) in [6.07, 6.45) is 0. The van der Waals surface area contributed by atoms with Crippen LogP contribution in [-0.4, -0.2) is 5.54 Å². The molecule has 0 aliphatic carbocycles. The zero-order valence-corrected chi connectivity index (χ0v) is 8.15. The topological polar surface area (TPSA) is 26.0 Å². The zero-order valence-electron chi connectivity index (χ0n) is 8.15. The van der Waals surface area contributed by atoms with E-state index in [9.17, 15) is 0 Å². The van der Waals surface area contributed by atoms with Crippen LogP contribution in [0.4, 0.5) is 0 Å². The second-order valence-corrected chi connectivity index (χ2v) is 4.91. The van der Waals surface area contributed by atoms with Gasteiger partial charge in [0.25, 0.3) is 0 Å². The monoisotopic (exact) mass is 143 g/mol. The van der Waals surface area contributed by atoms with Crippen molar-refractivity contribution in [1.82, 2.24) is 0 Å². The third kappa shape index (κ3) is 2.70. The number of hydrogen-bond donors (Lipinski definition) is 1. The van der Waals surface area contributed by atoms with Gasteiger partial charge in [-0.2, -0.15) is 0 Å². The highest BCUT2D eigenvalue weighted by molar-refractivity contribution is 4.86. The molecule has 0 spiro atoms. The Bertz CT molecular complexity index is 88.9. The minimum atomic E-state index is -0.0573. The van der Waals surface area contributed by atoms with Gasteiger partial charge in [-0.25, -0.2) is 0 Å². The molecule has 0 bridgehead atoms. The van der Waals surface area contributed by atoms with Gasteiger partial charge < -0.3 is 5.73 Å². The van der Waals surface area contributed by atoms with Crippen molar-refractivity contribution >= 4 is 0 Å².